The third-order valence-corrected chi connectivity index (χ3v) is 6.73. The Balaban J connectivity index is 2.25. The van der Waals surface area contributed by atoms with Crippen molar-refractivity contribution in [2.24, 2.45) is 5.92 Å². The molecule has 0 heterocycles. The van der Waals surface area contributed by atoms with Crippen molar-refractivity contribution in [1.82, 2.24) is 4.31 Å². The number of benzene rings is 2. The molecule has 7 heteroatoms. The van der Waals surface area contributed by atoms with Crippen LogP contribution in [-0.4, -0.2) is 37.5 Å². The van der Waals surface area contributed by atoms with Crippen molar-refractivity contribution in [3.63, 3.8) is 0 Å². The highest BCUT2D eigenvalue weighted by atomic mass is 35.5. The minimum atomic E-state index is -3.73. The fourth-order valence-electron chi connectivity index (χ4n) is 2.71. The molecule has 0 saturated heterocycles. The van der Waals surface area contributed by atoms with Gasteiger partial charge in [-0.15, -0.1) is 0 Å². The van der Waals surface area contributed by atoms with Crippen LogP contribution in [-0.2, 0) is 10.0 Å². The number of rotatable bonds is 10. The smallest absolute Gasteiger partial charge is 0.243 e. The highest BCUT2D eigenvalue weighted by Gasteiger charge is 2.25. The summed E-state index contributed by atoms with van der Waals surface area (Å²) in [4.78, 5) is 0.177. The number of nitrogens with zero attached hydrogens (tertiary/aromatic N) is 1. The Kier molecular flexibility index (Phi) is 8.99. The van der Waals surface area contributed by atoms with Crippen LogP contribution in [0.2, 0.25) is 5.02 Å². The van der Waals surface area contributed by atoms with Gasteiger partial charge in [-0.25, -0.2) is 8.42 Å². The van der Waals surface area contributed by atoms with E-state index in [2.05, 4.69) is 0 Å². The number of halogens is 2. The molecule has 2 aromatic rings. The molecule has 0 aliphatic carbocycles. The Morgan fingerprint density at radius 1 is 1.11 bits per heavy atom. The summed E-state index contributed by atoms with van der Waals surface area (Å²) in [6.45, 7) is 2.46. The van der Waals surface area contributed by atoms with E-state index in [1.54, 1.807) is 18.2 Å². The van der Waals surface area contributed by atoms with E-state index in [0.717, 1.165) is 5.56 Å². The summed E-state index contributed by atoms with van der Waals surface area (Å²) >= 11 is 12.3. The Labute approximate surface area is 177 Å². The number of aliphatic hydroxyl groups is 1. The quantitative estimate of drug-likeness (QED) is 0.562. The topological polar surface area (TPSA) is 57.6 Å². The zero-order chi connectivity index (χ0) is 20.6. The maximum absolute atomic E-state index is 13.1. The van der Waals surface area contributed by atoms with E-state index in [1.165, 1.54) is 16.4 Å². The zero-order valence-electron chi connectivity index (χ0n) is 15.8. The molecule has 152 valence electrons. The van der Waals surface area contributed by atoms with Crippen molar-refractivity contribution >= 4 is 39.3 Å². The predicted octanol–water partition coefficient (Wildman–Crippen LogP) is 5.02. The maximum Gasteiger partial charge on any atom is 0.243 e. The van der Waals surface area contributed by atoms with Crippen LogP contribution in [0.25, 0.3) is 6.08 Å². The summed E-state index contributed by atoms with van der Waals surface area (Å²) in [6, 6.07) is 15.6. The van der Waals surface area contributed by atoms with Crippen LogP contribution in [0.15, 0.2) is 64.5 Å². The highest BCUT2D eigenvalue weighted by Crippen LogP contribution is 2.23. The molecule has 0 aliphatic heterocycles. The third kappa shape index (κ3) is 6.90. The molecule has 2 rings (SSSR count). The molecule has 0 unspecified atom stereocenters. The predicted molar refractivity (Wildman–Crippen MR) is 116 cm³/mol. The van der Waals surface area contributed by atoms with Crippen molar-refractivity contribution in [3.05, 3.63) is 70.2 Å². The zero-order valence-corrected chi connectivity index (χ0v) is 18.1. The highest BCUT2D eigenvalue weighted by molar-refractivity contribution is 7.89. The Hall–Kier alpha value is -1.37. The van der Waals surface area contributed by atoms with Gasteiger partial charge in [0.25, 0.3) is 0 Å². The van der Waals surface area contributed by atoms with Crippen molar-refractivity contribution in [3.8, 4) is 0 Å². The molecular formula is C21H25Cl2NO3S. The Morgan fingerprint density at radius 3 is 2.36 bits per heavy atom. The van der Waals surface area contributed by atoms with E-state index in [-0.39, 0.29) is 24.0 Å². The second-order valence-electron chi connectivity index (χ2n) is 6.70. The van der Waals surface area contributed by atoms with E-state index >= 15 is 0 Å². The van der Waals surface area contributed by atoms with Gasteiger partial charge in [0.2, 0.25) is 10.0 Å². The lowest BCUT2D eigenvalue weighted by molar-refractivity contribution is 0.253. The number of hydrogen-bond acceptors (Lipinski definition) is 3. The molecule has 4 nitrogen and oxygen atoms in total. The van der Waals surface area contributed by atoms with Gasteiger partial charge in [0.15, 0.2) is 0 Å². The lowest BCUT2D eigenvalue weighted by Gasteiger charge is -2.23. The van der Waals surface area contributed by atoms with Gasteiger partial charge in [0, 0.05) is 29.8 Å². The van der Waals surface area contributed by atoms with Gasteiger partial charge in [-0.2, -0.15) is 4.31 Å². The van der Waals surface area contributed by atoms with Crippen LogP contribution in [0, 0.1) is 5.92 Å². The lowest BCUT2D eigenvalue weighted by atomic mass is 10.1. The maximum atomic E-state index is 13.1. The molecule has 0 fully saturated rings. The minimum Gasteiger partial charge on any atom is -0.396 e. The van der Waals surface area contributed by atoms with E-state index < -0.39 is 10.0 Å². The molecule has 1 atom stereocenters. The van der Waals surface area contributed by atoms with Crippen LogP contribution in [0.4, 0.5) is 0 Å². The van der Waals surface area contributed by atoms with Crippen molar-refractivity contribution in [1.29, 1.82) is 0 Å². The first-order valence-corrected chi connectivity index (χ1v) is 11.3. The van der Waals surface area contributed by atoms with Gasteiger partial charge in [-0.1, -0.05) is 60.5 Å². The molecule has 0 amide bonds. The summed E-state index contributed by atoms with van der Waals surface area (Å²) in [7, 11) is -3.73. The fraction of sp³-hybridized carbons (Fsp3) is 0.333. The molecule has 0 spiro atoms. The lowest BCUT2D eigenvalue weighted by Crippen LogP contribution is -2.34. The van der Waals surface area contributed by atoms with E-state index in [9.17, 15) is 8.42 Å². The molecule has 28 heavy (non-hydrogen) atoms. The SMILES string of the molecule is C[C@@H](CCO)CCN(CC(Cl)=Cc1ccccc1)S(=O)(=O)c1ccc(Cl)cc1. The standard InChI is InChI=1S/C21H25Cl2NO3S/c1-17(12-14-25)11-13-24(16-20(23)15-18-5-3-2-4-6-18)28(26,27)21-9-7-19(22)8-10-21/h2-10,15,17,25H,11-14,16H2,1H3/t17-/m1/s1. The Morgan fingerprint density at radius 2 is 1.75 bits per heavy atom. The largest absolute Gasteiger partial charge is 0.396 e. The van der Waals surface area contributed by atoms with Gasteiger partial charge in [0.05, 0.1) is 4.90 Å². The molecule has 2 aromatic carbocycles. The molecule has 1 N–H and O–H groups in total. The second-order valence-corrected chi connectivity index (χ2v) is 9.56. The Bertz CT molecular complexity index is 868. The van der Waals surface area contributed by atoms with E-state index in [0.29, 0.717) is 29.4 Å². The van der Waals surface area contributed by atoms with Gasteiger partial charge in [-0.3, -0.25) is 0 Å². The minimum absolute atomic E-state index is 0.0766. The van der Waals surface area contributed by atoms with Crippen LogP contribution in [0.5, 0.6) is 0 Å². The number of aliphatic hydroxyl groups excluding tert-OH is 1. The average molecular weight is 442 g/mol. The molecular weight excluding hydrogens is 417 g/mol. The van der Waals surface area contributed by atoms with Crippen molar-refractivity contribution < 1.29 is 13.5 Å². The summed E-state index contributed by atoms with van der Waals surface area (Å²) in [5.74, 6) is 0.199. The number of hydrogen-bond donors (Lipinski definition) is 1. The van der Waals surface area contributed by atoms with Crippen LogP contribution in [0.1, 0.15) is 25.3 Å². The van der Waals surface area contributed by atoms with E-state index in [4.69, 9.17) is 28.3 Å². The van der Waals surface area contributed by atoms with Gasteiger partial charge in [-0.05, 0) is 54.7 Å². The first kappa shape index (κ1) is 22.9. The van der Waals surface area contributed by atoms with Gasteiger partial charge >= 0.3 is 0 Å². The van der Waals surface area contributed by atoms with Crippen LogP contribution >= 0.6 is 23.2 Å². The number of sulfonamides is 1. The second kappa shape index (κ2) is 11.0. The summed E-state index contributed by atoms with van der Waals surface area (Å²) in [5.41, 5.74) is 0.907. The molecule has 0 aliphatic rings. The molecule has 0 saturated carbocycles. The fourth-order valence-corrected chi connectivity index (χ4v) is 4.61. The summed E-state index contributed by atoms with van der Waals surface area (Å²) in [5, 5.41) is 10.0. The average Bonchev–Trinajstić information content (AvgIpc) is 2.66. The molecule has 0 aromatic heterocycles. The van der Waals surface area contributed by atoms with Crippen molar-refractivity contribution in [2.75, 3.05) is 19.7 Å². The van der Waals surface area contributed by atoms with Gasteiger partial charge in [0.1, 0.15) is 0 Å². The summed E-state index contributed by atoms with van der Waals surface area (Å²) < 4.78 is 27.7. The van der Waals surface area contributed by atoms with Crippen LogP contribution in [0.3, 0.4) is 0 Å². The van der Waals surface area contributed by atoms with Gasteiger partial charge < -0.3 is 5.11 Å². The molecule has 0 bridgehead atoms. The first-order chi connectivity index (χ1) is 13.3. The van der Waals surface area contributed by atoms with Crippen LogP contribution < -0.4 is 0 Å². The normalized spacial score (nSPS) is 13.7. The van der Waals surface area contributed by atoms with E-state index in [1.807, 2.05) is 37.3 Å². The molecule has 0 radical (unpaired) electrons. The summed E-state index contributed by atoms with van der Waals surface area (Å²) in [6.07, 6.45) is 3.02. The monoisotopic (exact) mass is 441 g/mol. The third-order valence-electron chi connectivity index (χ3n) is 4.39. The first-order valence-electron chi connectivity index (χ1n) is 9.10. The van der Waals surface area contributed by atoms with Crippen molar-refractivity contribution in [2.45, 2.75) is 24.7 Å².